The van der Waals surface area contributed by atoms with Gasteiger partial charge in [0.1, 0.15) is 25.7 Å². The summed E-state index contributed by atoms with van der Waals surface area (Å²) in [5, 5.41) is 9.69. The van der Waals surface area contributed by atoms with Crippen LogP contribution in [0.25, 0.3) is 0 Å². The Kier molecular flexibility index (Phi) is 2.62. The van der Waals surface area contributed by atoms with Crippen molar-refractivity contribution < 1.29 is 14.5 Å². The fraction of sp³-hybridized carbons (Fsp3) is 0.917. The number of piperidine rings is 3. The molecule has 0 spiro atoms. The van der Waals surface area contributed by atoms with Crippen molar-refractivity contribution in [1.29, 1.82) is 5.26 Å². The Morgan fingerprint density at radius 1 is 1.12 bits per heavy atom. The van der Waals surface area contributed by atoms with Gasteiger partial charge in [0.25, 0.3) is 0 Å². The first-order chi connectivity index (χ1) is 7.85. The molecular weight excluding hydrogens is 202 g/mol. The highest BCUT2D eigenvalue weighted by Gasteiger charge is 2.57. The lowest BCUT2D eigenvalue weighted by molar-refractivity contribution is -1.02. The highest BCUT2D eigenvalue weighted by molar-refractivity contribution is 5.07. The van der Waals surface area contributed by atoms with Crippen molar-refractivity contribution in [3.8, 4) is 6.07 Å². The van der Waals surface area contributed by atoms with E-state index >= 15 is 0 Å². The standard InChI is InChI=1S/C12H19N3O/c13-9-12(15-5-7-16-8-6-15)10-14-3-1-11(12)2-4-14/h11H,1-8,10H2/p+2. The van der Waals surface area contributed by atoms with E-state index in [1.807, 2.05) is 0 Å². The van der Waals surface area contributed by atoms with E-state index in [2.05, 4.69) is 6.07 Å². The fourth-order valence-electron chi connectivity index (χ4n) is 3.92. The predicted octanol–water partition coefficient (Wildman–Crippen LogP) is -2.53. The van der Waals surface area contributed by atoms with Crippen LogP contribution in [-0.4, -0.2) is 51.5 Å². The molecule has 4 nitrogen and oxygen atoms in total. The van der Waals surface area contributed by atoms with Crippen molar-refractivity contribution in [2.45, 2.75) is 18.4 Å². The first-order valence-corrected chi connectivity index (χ1v) is 6.53. The Labute approximate surface area is 96.8 Å². The maximum Gasteiger partial charge on any atom is 0.236 e. The van der Waals surface area contributed by atoms with Crippen LogP contribution in [0.4, 0.5) is 0 Å². The molecule has 4 heteroatoms. The van der Waals surface area contributed by atoms with Crippen molar-refractivity contribution >= 4 is 0 Å². The van der Waals surface area contributed by atoms with Gasteiger partial charge in [-0.2, -0.15) is 5.26 Å². The molecule has 4 aliphatic heterocycles. The summed E-state index contributed by atoms with van der Waals surface area (Å²) in [6.07, 6.45) is 2.51. The van der Waals surface area contributed by atoms with E-state index in [1.165, 1.54) is 30.8 Å². The Morgan fingerprint density at radius 2 is 1.81 bits per heavy atom. The van der Waals surface area contributed by atoms with Gasteiger partial charge in [0, 0.05) is 18.8 Å². The molecule has 0 amide bonds. The molecule has 0 aromatic carbocycles. The molecule has 4 aliphatic rings. The number of rotatable bonds is 1. The zero-order valence-electron chi connectivity index (χ0n) is 9.80. The van der Waals surface area contributed by atoms with Gasteiger partial charge in [-0.25, -0.2) is 0 Å². The van der Waals surface area contributed by atoms with Crippen LogP contribution in [0.15, 0.2) is 0 Å². The van der Waals surface area contributed by atoms with Gasteiger partial charge in [0.2, 0.25) is 5.54 Å². The van der Waals surface area contributed by atoms with Crippen LogP contribution in [0.3, 0.4) is 0 Å². The van der Waals surface area contributed by atoms with Gasteiger partial charge in [-0.15, -0.1) is 0 Å². The third-order valence-corrected chi connectivity index (χ3v) is 4.85. The zero-order chi connectivity index (χ0) is 11.0. The number of quaternary nitrogens is 2. The van der Waals surface area contributed by atoms with E-state index < -0.39 is 0 Å². The van der Waals surface area contributed by atoms with E-state index in [9.17, 15) is 5.26 Å². The van der Waals surface area contributed by atoms with Crippen LogP contribution in [0.1, 0.15) is 12.8 Å². The van der Waals surface area contributed by atoms with Crippen molar-refractivity contribution in [2.75, 3.05) is 45.9 Å². The summed E-state index contributed by atoms with van der Waals surface area (Å²) in [6, 6.07) is 2.71. The molecule has 4 fully saturated rings. The lowest BCUT2D eigenvalue weighted by Crippen LogP contribution is -3.31. The van der Waals surface area contributed by atoms with Crippen molar-refractivity contribution in [1.82, 2.24) is 0 Å². The van der Waals surface area contributed by atoms with Crippen LogP contribution < -0.4 is 9.80 Å². The summed E-state index contributed by atoms with van der Waals surface area (Å²) in [5.41, 5.74) is -0.0877. The number of ether oxygens (including phenoxy) is 1. The molecular formula is C12H21N3O+2. The number of morpholine rings is 1. The molecule has 4 saturated heterocycles. The molecule has 0 aromatic rings. The van der Waals surface area contributed by atoms with Crippen molar-refractivity contribution in [2.24, 2.45) is 5.92 Å². The van der Waals surface area contributed by atoms with E-state index in [0.717, 1.165) is 32.8 Å². The fourth-order valence-corrected chi connectivity index (χ4v) is 3.92. The summed E-state index contributed by atoms with van der Waals surface area (Å²) in [4.78, 5) is 3.16. The molecule has 0 aliphatic carbocycles. The van der Waals surface area contributed by atoms with E-state index in [4.69, 9.17) is 4.74 Å². The second-order valence-electron chi connectivity index (χ2n) is 5.50. The second-order valence-corrected chi connectivity index (χ2v) is 5.50. The maximum absolute atomic E-state index is 9.69. The molecule has 0 radical (unpaired) electrons. The van der Waals surface area contributed by atoms with E-state index in [1.54, 1.807) is 4.90 Å². The molecule has 0 saturated carbocycles. The van der Waals surface area contributed by atoms with Crippen LogP contribution >= 0.6 is 0 Å². The molecule has 16 heavy (non-hydrogen) atoms. The molecule has 1 unspecified atom stereocenters. The van der Waals surface area contributed by atoms with Crippen LogP contribution in [0.2, 0.25) is 0 Å². The summed E-state index contributed by atoms with van der Waals surface area (Å²) in [7, 11) is 0. The number of nitrogens with zero attached hydrogens (tertiary/aromatic N) is 1. The summed E-state index contributed by atoms with van der Waals surface area (Å²) in [5.74, 6) is 0.642. The van der Waals surface area contributed by atoms with Crippen molar-refractivity contribution in [3.63, 3.8) is 0 Å². The van der Waals surface area contributed by atoms with Gasteiger partial charge in [-0.05, 0) is 0 Å². The molecule has 88 valence electrons. The van der Waals surface area contributed by atoms with Gasteiger partial charge in [0.05, 0.1) is 26.3 Å². The minimum absolute atomic E-state index is 0.0877. The Bertz CT molecular complexity index is 300. The monoisotopic (exact) mass is 223 g/mol. The molecule has 1 atom stereocenters. The Balaban J connectivity index is 1.85. The average Bonchev–Trinajstić information content (AvgIpc) is 2.41. The molecule has 0 aromatic heterocycles. The van der Waals surface area contributed by atoms with E-state index in [-0.39, 0.29) is 5.54 Å². The lowest BCUT2D eigenvalue weighted by Gasteiger charge is -2.49. The largest absolute Gasteiger partial charge is 0.370 e. The Morgan fingerprint density at radius 3 is 2.31 bits per heavy atom. The topological polar surface area (TPSA) is 41.9 Å². The number of nitriles is 1. The minimum Gasteiger partial charge on any atom is -0.370 e. The first kappa shape index (κ1) is 10.5. The smallest absolute Gasteiger partial charge is 0.236 e. The van der Waals surface area contributed by atoms with Gasteiger partial charge in [0.15, 0.2) is 0 Å². The molecule has 2 bridgehead atoms. The van der Waals surface area contributed by atoms with E-state index in [0.29, 0.717) is 5.92 Å². The molecule has 4 heterocycles. The molecule has 4 rings (SSSR count). The van der Waals surface area contributed by atoms with Gasteiger partial charge in [-0.1, -0.05) is 0 Å². The second kappa shape index (κ2) is 3.99. The summed E-state index contributed by atoms with van der Waals surface area (Å²) < 4.78 is 5.42. The normalized spacial score (nSPS) is 44.2. The minimum atomic E-state index is -0.0877. The number of nitrogens with one attached hydrogen (secondary N) is 2. The van der Waals surface area contributed by atoms with Gasteiger partial charge < -0.3 is 14.5 Å². The number of hydrogen-bond donors (Lipinski definition) is 2. The van der Waals surface area contributed by atoms with Gasteiger partial charge >= 0.3 is 0 Å². The lowest BCUT2D eigenvalue weighted by atomic mass is 9.72. The number of fused-ring (bicyclic) bond motifs is 3. The number of hydrogen-bond acceptors (Lipinski definition) is 2. The predicted molar refractivity (Wildman–Crippen MR) is 58.1 cm³/mol. The highest BCUT2D eigenvalue weighted by Crippen LogP contribution is 2.25. The van der Waals surface area contributed by atoms with Crippen molar-refractivity contribution in [3.05, 3.63) is 0 Å². The third kappa shape index (κ3) is 1.46. The third-order valence-electron chi connectivity index (χ3n) is 4.85. The van der Waals surface area contributed by atoms with Crippen LogP contribution in [-0.2, 0) is 4.74 Å². The zero-order valence-corrected chi connectivity index (χ0v) is 9.80. The SMILES string of the molecule is N#CC1([NH+]2CCOCC2)C[NH+]2CCC1CC2. The Hall–Kier alpha value is -0.630. The maximum atomic E-state index is 9.69. The quantitative estimate of drug-likeness (QED) is 0.515. The average molecular weight is 223 g/mol. The molecule has 2 N–H and O–H groups in total. The summed E-state index contributed by atoms with van der Waals surface area (Å²) in [6.45, 7) is 7.37. The van der Waals surface area contributed by atoms with Gasteiger partial charge in [-0.3, -0.25) is 0 Å². The van der Waals surface area contributed by atoms with Crippen LogP contribution in [0, 0.1) is 17.2 Å². The van der Waals surface area contributed by atoms with Crippen LogP contribution in [0.5, 0.6) is 0 Å². The highest BCUT2D eigenvalue weighted by atomic mass is 16.5. The first-order valence-electron chi connectivity index (χ1n) is 6.53. The summed E-state index contributed by atoms with van der Waals surface area (Å²) >= 11 is 0.